The highest BCUT2D eigenvalue weighted by molar-refractivity contribution is 7.23. The summed E-state index contributed by atoms with van der Waals surface area (Å²) in [4.78, 5) is 15.4. The third-order valence-corrected chi connectivity index (χ3v) is 8.04. The number of halogens is 2. The molecular formula is C28H28F2N6O2S. The average Bonchev–Trinajstić information content (AvgIpc) is 3.66. The van der Waals surface area contributed by atoms with Gasteiger partial charge >= 0.3 is 0 Å². The number of nitrogens with zero attached hydrogens (tertiary/aromatic N) is 5. The van der Waals surface area contributed by atoms with Crippen LogP contribution in [0, 0.1) is 28.9 Å². The maximum atomic E-state index is 16.5. The van der Waals surface area contributed by atoms with E-state index >= 15 is 4.39 Å². The number of pyridine rings is 1. The zero-order valence-electron chi connectivity index (χ0n) is 22.1. The summed E-state index contributed by atoms with van der Waals surface area (Å²) in [6.07, 6.45) is 2.63. The van der Waals surface area contributed by atoms with E-state index in [1.165, 1.54) is 0 Å². The predicted molar refractivity (Wildman–Crippen MR) is 148 cm³/mol. The van der Waals surface area contributed by atoms with Crippen LogP contribution in [0.15, 0.2) is 24.7 Å². The lowest BCUT2D eigenvalue weighted by molar-refractivity contribution is 0.135. The number of benzene rings is 1. The Morgan fingerprint density at radius 3 is 2.59 bits per heavy atom. The van der Waals surface area contributed by atoms with Crippen LogP contribution in [0.1, 0.15) is 44.4 Å². The number of allylic oxidation sites excluding steroid dienone is 1. The van der Waals surface area contributed by atoms with Crippen LogP contribution in [0.4, 0.5) is 19.7 Å². The average molecular weight is 551 g/mol. The van der Waals surface area contributed by atoms with Crippen molar-refractivity contribution >= 4 is 43.3 Å². The molecule has 0 aliphatic carbocycles. The van der Waals surface area contributed by atoms with E-state index in [2.05, 4.69) is 28.5 Å². The molecule has 6 rings (SSSR count). The topological polar surface area (TPSA) is 110 Å². The van der Waals surface area contributed by atoms with Crippen LogP contribution >= 0.6 is 11.3 Å². The van der Waals surface area contributed by atoms with E-state index < -0.39 is 11.6 Å². The normalized spacial score (nSPS) is 18.1. The molecule has 0 saturated carbocycles. The number of ether oxygens (including phenoxy) is 2. The van der Waals surface area contributed by atoms with Gasteiger partial charge in [0.25, 0.3) is 0 Å². The van der Waals surface area contributed by atoms with Gasteiger partial charge in [-0.1, -0.05) is 27.4 Å². The van der Waals surface area contributed by atoms with Gasteiger partial charge in [0, 0.05) is 34.1 Å². The van der Waals surface area contributed by atoms with Gasteiger partial charge < -0.3 is 20.1 Å². The Labute approximate surface area is 228 Å². The van der Waals surface area contributed by atoms with Gasteiger partial charge in [-0.25, -0.2) is 18.7 Å². The Kier molecular flexibility index (Phi) is 7.20. The van der Waals surface area contributed by atoms with Crippen LogP contribution in [-0.4, -0.2) is 34.2 Å². The van der Waals surface area contributed by atoms with E-state index in [4.69, 9.17) is 15.2 Å². The first-order valence-electron chi connectivity index (χ1n) is 12.7. The van der Waals surface area contributed by atoms with Gasteiger partial charge in [0.15, 0.2) is 11.6 Å². The lowest BCUT2D eigenvalue weighted by Crippen LogP contribution is -2.39. The molecule has 2 aliphatic heterocycles. The number of thiophene rings is 1. The Morgan fingerprint density at radius 2 is 1.92 bits per heavy atom. The first kappa shape index (κ1) is 26.9. The number of hydrogen-bond acceptors (Lipinski definition) is 9. The molecule has 2 atom stereocenters. The summed E-state index contributed by atoms with van der Waals surface area (Å²) >= 11 is 0.938. The fourth-order valence-corrected chi connectivity index (χ4v) is 6.16. The standard InChI is InChI=1S/C26H22F2N6O2S.C2H6/c1-11(2)34(18-10-35-7-12(18)3)26-32-5-14-15-8-36-9-16(15)19(21(28)22(14)33-26)23-20-13(4-29)25(30)37-24(20)17(27)6-31-23;1-2/h5-6,12,18H,1,7-10,30H2,2-3H3;1-2H3. The van der Waals surface area contributed by atoms with E-state index in [1.54, 1.807) is 6.20 Å². The molecule has 202 valence electrons. The maximum absolute atomic E-state index is 16.5. The molecule has 4 aromatic rings. The molecular weight excluding hydrogens is 522 g/mol. The van der Waals surface area contributed by atoms with Crippen molar-refractivity contribution in [3.63, 3.8) is 0 Å². The highest BCUT2D eigenvalue weighted by atomic mass is 32.1. The second kappa shape index (κ2) is 10.4. The third kappa shape index (κ3) is 4.19. The van der Waals surface area contributed by atoms with Crippen LogP contribution in [-0.2, 0) is 22.7 Å². The molecule has 8 nitrogen and oxygen atoms in total. The van der Waals surface area contributed by atoms with Crippen molar-refractivity contribution in [3.05, 3.63) is 53.0 Å². The van der Waals surface area contributed by atoms with Gasteiger partial charge in [-0.3, -0.25) is 4.98 Å². The molecule has 1 fully saturated rings. The van der Waals surface area contributed by atoms with Gasteiger partial charge in [0.05, 0.1) is 54.6 Å². The molecule has 0 radical (unpaired) electrons. The van der Waals surface area contributed by atoms with Crippen LogP contribution < -0.4 is 10.6 Å². The van der Waals surface area contributed by atoms with Crippen LogP contribution in [0.5, 0.6) is 0 Å². The Bertz CT molecular complexity index is 1660. The molecule has 11 heteroatoms. The van der Waals surface area contributed by atoms with Gasteiger partial charge in [-0.2, -0.15) is 5.26 Å². The summed E-state index contributed by atoms with van der Waals surface area (Å²) in [5, 5.41) is 10.6. The minimum Gasteiger partial charge on any atom is -0.389 e. The number of rotatable bonds is 4. The lowest BCUT2D eigenvalue weighted by atomic mass is 9.94. The summed E-state index contributed by atoms with van der Waals surface area (Å²) in [5.74, 6) is -0.759. The molecule has 1 saturated heterocycles. The van der Waals surface area contributed by atoms with Crippen molar-refractivity contribution < 1.29 is 18.3 Å². The largest absolute Gasteiger partial charge is 0.389 e. The summed E-state index contributed by atoms with van der Waals surface area (Å²) in [5.41, 5.74) is 8.45. The van der Waals surface area contributed by atoms with Crippen LogP contribution in [0.2, 0.25) is 0 Å². The summed E-state index contributed by atoms with van der Waals surface area (Å²) < 4.78 is 42.7. The monoisotopic (exact) mass is 550 g/mol. The Balaban J connectivity index is 0.00000151. The van der Waals surface area contributed by atoms with Crippen molar-refractivity contribution in [3.8, 4) is 17.3 Å². The van der Waals surface area contributed by atoms with E-state index in [0.717, 1.165) is 23.1 Å². The molecule has 0 spiro atoms. The smallest absolute Gasteiger partial charge is 0.230 e. The molecule has 2 aliphatic rings. The number of nitrogen functional groups attached to an aromatic ring is 1. The van der Waals surface area contributed by atoms with Gasteiger partial charge in [-0.05, 0) is 18.1 Å². The van der Waals surface area contributed by atoms with Gasteiger partial charge in [-0.15, -0.1) is 11.3 Å². The number of hydrogen-bond donors (Lipinski definition) is 1. The first-order valence-corrected chi connectivity index (χ1v) is 13.5. The van der Waals surface area contributed by atoms with Crippen LogP contribution in [0.3, 0.4) is 0 Å². The maximum Gasteiger partial charge on any atom is 0.230 e. The van der Waals surface area contributed by atoms with Crippen molar-refractivity contribution in [2.45, 2.75) is 47.0 Å². The van der Waals surface area contributed by atoms with Crippen molar-refractivity contribution in [1.82, 2.24) is 15.0 Å². The first-order chi connectivity index (χ1) is 18.8. The highest BCUT2D eigenvalue weighted by Gasteiger charge is 2.34. The van der Waals surface area contributed by atoms with Crippen molar-refractivity contribution in [2.75, 3.05) is 23.8 Å². The minimum absolute atomic E-state index is 0.0411. The molecule has 39 heavy (non-hydrogen) atoms. The summed E-state index contributed by atoms with van der Waals surface area (Å²) in [6, 6.07) is 1.98. The Hall–Kier alpha value is -3.72. The van der Waals surface area contributed by atoms with Crippen molar-refractivity contribution in [2.24, 2.45) is 5.92 Å². The number of anilines is 2. The molecule has 5 heterocycles. The molecule has 1 aromatic carbocycles. The SMILES string of the molecule is C=C(C)N(c1ncc2c3c(c(-c4ncc(F)c5sc(N)c(C#N)c45)c(F)c2n1)COC3)C1COCC1C.CC. The van der Waals surface area contributed by atoms with Gasteiger partial charge in [0.1, 0.15) is 16.6 Å². The fourth-order valence-electron chi connectivity index (χ4n) is 5.24. The third-order valence-electron chi connectivity index (χ3n) is 7.02. The number of fused-ring (bicyclic) bond motifs is 4. The van der Waals surface area contributed by atoms with Crippen LogP contribution in [0.25, 0.3) is 32.2 Å². The van der Waals surface area contributed by atoms with Gasteiger partial charge in [0.2, 0.25) is 5.95 Å². The molecule has 0 bridgehead atoms. The fraction of sp³-hybridized carbons (Fsp3) is 0.357. The zero-order valence-corrected chi connectivity index (χ0v) is 23.0. The zero-order chi connectivity index (χ0) is 28.0. The molecule has 2 N–H and O–H groups in total. The molecule has 2 unspecified atom stereocenters. The number of nitriles is 1. The quantitative estimate of drug-likeness (QED) is 0.326. The number of nitrogens with two attached hydrogens (primary N) is 1. The molecule has 3 aromatic heterocycles. The van der Waals surface area contributed by atoms with E-state index in [0.29, 0.717) is 35.8 Å². The van der Waals surface area contributed by atoms with Crippen molar-refractivity contribution in [1.29, 1.82) is 5.26 Å². The summed E-state index contributed by atoms with van der Waals surface area (Å²) in [7, 11) is 0. The second-order valence-electron chi connectivity index (χ2n) is 9.37. The van der Waals surface area contributed by atoms with E-state index in [1.807, 2.05) is 31.7 Å². The second-order valence-corrected chi connectivity index (χ2v) is 10.4. The Morgan fingerprint density at radius 1 is 1.18 bits per heavy atom. The van der Waals surface area contributed by atoms with E-state index in [-0.39, 0.29) is 62.6 Å². The van der Waals surface area contributed by atoms with E-state index in [9.17, 15) is 9.65 Å². The number of aromatic nitrogens is 3. The summed E-state index contributed by atoms with van der Waals surface area (Å²) in [6.45, 7) is 13.5. The minimum atomic E-state index is -0.644. The highest BCUT2D eigenvalue weighted by Crippen LogP contribution is 2.45. The lowest BCUT2D eigenvalue weighted by Gasteiger charge is -2.31. The predicted octanol–water partition coefficient (Wildman–Crippen LogP) is 6.07. The molecule has 0 amide bonds.